The minimum absolute atomic E-state index is 0.102. The second-order valence-corrected chi connectivity index (χ2v) is 3.94. The fourth-order valence-electron chi connectivity index (χ4n) is 1.75. The Hall–Kier alpha value is -1.64. The molecule has 1 fully saturated rings. The minimum Gasteiger partial charge on any atom is -0.352 e. The van der Waals surface area contributed by atoms with Gasteiger partial charge < -0.3 is 5.32 Å². The van der Waals surface area contributed by atoms with Crippen LogP contribution in [0.5, 0.6) is 0 Å². The molecule has 1 aromatic rings. The maximum Gasteiger partial charge on any atom is 0.243 e. The van der Waals surface area contributed by atoms with E-state index in [9.17, 15) is 4.79 Å². The summed E-state index contributed by atoms with van der Waals surface area (Å²) in [4.78, 5) is 15.1. The van der Waals surface area contributed by atoms with Crippen molar-refractivity contribution in [3.8, 4) is 0 Å². The molecule has 0 saturated heterocycles. The molecule has 1 aliphatic rings. The van der Waals surface area contributed by atoms with E-state index in [1.807, 2.05) is 12.1 Å². The molecule has 1 aromatic heterocycles. The molecule has 15 heavy (non-hydrogen) atoms. The fraction of sp³-hybridized carbons (Fsp3) is 0.333. The van der Waals surface area contributed by atoms with Gasteiger partial charge in [0.2, 0.25) is 5.91 Å². The first kappa shape index (κ1) is 9.90. The summed E-state index contributed by atoms with van der Waals surface area (Å²) in [6, 6.07) is 4.04. The average Bonchev–Trinajstić information content (AvgIpc) is 3.08. The van der Waals surface area contributed by atoms with Gasteiger partial charge in [0.25, 0.3) is 0 Å². The van der Waals surface area contributed by atoms with Gasteiger partial charge in [-0.1, -0.05) is 6.58 Å². The molecule has 0 radical (unpaired) electrons. The Morgan fingerprint density at radius 3 is 2.73 bits per heavy atom. The number of nitrogens with zero attached hydrogens (tertiary/aromatic N) is 1. The Bertz CT molecular complexity index is 368. The zero-order chi connectivity index (χ0) is 10.7. The Morgan fingerprint density at radius 1 is 1.53 bits per heavy atom. The summed E-state index contributed by atoms with van der Waals surface area (Å²) in [5, 5.41) is 2.86. The first-order valence-corrected chi connectivity index (χ1v) is 5.08. The molecule has 1 aliphatic carbocycles. The van der Waals surface area contributed by atoms with Gasteiger partial charge >= 0.3 is 0 Å². The number of carbonyl (C=O) groups is 1. The van der Waals surface area contributed by atoms with Gasteiger partial charge in [-0.2, -0.15) is 0 Å². The second kappa shape index (κ2) is 3.85. The number of aromatic nitrogens is 1. The van der Waals surface area contributed by atoms with Crippen LogP contribution in [0.1, 0.15) is 18.4 Å². The lowest BCUT2D eigenvalue weighted by atomic mass is 9.97. The predicted molar refractivity (Wildman–Crippen MR) is 58.4 cm³/mol. The van der Waals surface area contributed by atoms with Crippen LogP contribution in [-0.2, 0) is 10.2 Å². The Kier molecular flexibility index (Phi) is 2.54. The monoisotopic (exact) mass is 202 g/mol. The molecule has 0 unspecified atom stereocenters. The lowest BCUT2D eigenvalue weighted by Gasteiger charge is -2.15. The van der Waals surface area contributed by atoms with Crippen molar-refractivity contribution in [1.82, 2.24) is 10.3 Å². The molecule has 3 nitrogen and oxygen atoms in total. The molecule has 1 amide bonds. The van der Waals surface area contributed by atoms with E-state index in [-0.39, 0.29) is 11.3 Å². The summed E-state index contributed by atoms with van der Waals surface area (Å²) in [5.74, 6) is -0.102. The lowest BCUT2D eigenvalue weighted by molar-refractivity contribution is -0.116. The second-order valence-electron chi connectivity index (χ2n) is 3.94. The van der Waals surface area contributed by atoms with E-state index in [1.165, 1.54) is 11.6 Å². The highest BCUT2D eigenvalue weighted by Crippen LogP contribution is 2.47. The molecule has 1 saturated carbocycles. The van der Waals surface area contributed by atoms with Gasteiger partial charge in [-0.3, -0.25) is 9.78 Å². The van der Waals surface area contributed by atoms with E-state index in [0.29, 0.717) is 6.54 Å². The first-order chi connectivity index (χ1) is 7.27. The van der Waals surface area contributed by atoms with Crippen LogP contribution in [0.3, 0.4) is 0 Å². The standard InChI is InChI=1S/C12H14N2O/c1-2-11(15)14-9-12(5-6-12)10-3-7-13-8-4-10/h2-4,7-8H,1,5-6,9H2,(H,14,15). The molecule has 1 N–H and O–H groups in total. The highest BCUT2D eigenvalue weighted by molar-refractivity contribution is 5.86. The Morgan fingerprint density at radius 2 is 2.20 bits per heavy atom. The minimum atomic E-state index is -0.102. The van der Waals surface area contributed by atoms with Crippen LogP contribution in [0, 0.1) is 0 Å². The molecule has 1 heterocycles. The van der Waals surface area contributed by atoms with E-state index in [1.54, 1.807) is 12.4 Å². The number of carbonyl (C=O) groups excluding carboxylic acids is 1. The summed E-state index contributed by atoms with van der Waals surface area (Å²) in [5.41, 5.74) is 1.42. The van der Waals surface area contributed by atoms with Crippen molar-refractivity contribution in [3.63, 3.8) is 0 Å². The van der Waals surface area contributed by atoms with Crippen LogP contribution in [0.2, 0.25) is 0 Å². The van der Waals surface area contributed by atoms with E-state index >= 15 is 0 Å². The molecule has 0 atom stereocenters. The summed E-state index contributed by atoms with van der Waals surface area (Å²) >= 11 is 0. The SMILES string of the molecule is C=CC(=O)NCC1(c2ccncc2)CC1. The van der Waals surface area contributed by atoms with E-state index < -0.39 is 0 Å². The number of rotatable bonds is 4. The van der Waals surface area contributed by atoms with Crippen LogP contribution < -0.4 is 5.32 Å². The average molecular weight is 202 g/mol. The van der Waals surface area contributed by atoms with Crippen molar-refractivity contribution in [3.05, 3.63) is 42.7 Å². The zero-order valence-electron chi connectivity index (χ0n) is 8.57. The van der Waals surface area contributed by atoms with Crippen molar-refractivity contribution in [2.24, 2.45) is 0 Å². The van der Waals surface area contributed by atoms with Gasteiger partial charge in [0, 0.05) is 24.4 Å². The van der Waals surface area contributed by atoms with Crippen molar-refractivity contribution in [2.75, 3.05) is 6.54 Å². The normalized spacial score (nSPS) is 16.8. The molecule has 0 bridgehead atoms. The number of nitrogens with one attached hydrogen (secondary N) is 1. The van der Waals surface area contributed by atoms with Crippen molar-refractivity contribution in [1.29, 1.82) is 0 Å². The number of hydrogen-bond acceptors (Lipinski definition) is 2. The van der Waals surface area contributed by atoms with E-state index in [0.717, 1.165) is 12.8 Å². The van der Waals surface area contributed by atoms with Gasteiger partial charge in [-0.05, 0) is 36.6 Å². The smallest absolute Gasteiger partial charge is 0.243 e. The van der Waals surface area contributed by atoms with Gasteiger partial charge in [-0.15, -0.1) is 0 Å². The molecule has 0 aliphatic heterocycles. The van der Waals surface area contributed by atoms with Crippen LogP contribution in [0.15, 0.2) is 37.2 Å². The largest absolute Gasteiger partial charge is 0.352 e. The van der Waals surface area contributed by atoms with Gasteiger partial charge in [0.15, 0.2) is 0 Å². The quantitative estimate of drug-likeness (QED) is 0.750. The molecular weight excluding hydrogens is 188 g/mol. The number of amides is 1. The van der Waals surface area contributed by atoms with Crippen LogP contribution in [0.4, 0.5) is 0 Å². The van der Waals surface area contributed by atoms with E-state index in [4.69, 9.17) is 0 Å². The molecule has 0 aromatic carbocycles. The third kappa shape index (κ3) is 2.06. The summed E-state index contributed by atoms with van der Waals surface area (Å²) in [6.45, 7) is 4.13. The van der Waals surface area contributed by atoms with Crippen LogP contribution in [0.25, 0.3) is 0 Å². The molecule has 0 spiro atoms. The molecular formula is C12H14N2O. The molecule has 2 rings (SSSR count). The van der Waals surface area contributed by atoms with Gasteiger partial charge in [-0.25, -0.2) is 0 Å². The van der Waals surface area contributed by atoms with Gasteiger partial charge in [0.1, 0.15) is 0 Å². The van der Waals surface area contributed by atoms with Crippen LogP contribution in [-0.4, -0.2) is 17.4 Å². The summed E-state index contributed by atoms with van der Waals surface area (Å²) < 4.78 is 0. The third-order valence-corrected chi connectivity index (χ3v) is 2.93. The van der Waals surface area contributed by atoms with E-state index in [2.05, 4.69) is 16.9 Å². The highest BCUT2D eigenvalue weighted by Gasteiger charge is 2.44. The van der Waals surface area contributed by atoms with Crippen LogP contribution >= 0.6 is 0 Å². The predicted octanol–water partition coefficient (Wildman–Crippen LogP) is 1.42. The third-order valence-electron chi connectivity index (χ3n) is 2.93. The summed E-state index contributed by atoms with van der Waals surface area (Å²) in [6.07, 6.45) is 7.17. The van der Waals surface area contributed by atoms with Gasteiger partial charge in [0.05, 0.1) is 0 Å². The number of pyridine rings is 1. The fourth-order valence-corrected chi connectivity index (χ4v) is 1.75. The molecule has 3 heteroatoms. The Balaban J connectivity index is 2.02. The maximum atomic E-state index is 11.1. The Labute approximate surface area is 89.2 Å². The highest BCUT2D eigenvalue weighted by atomic mass is 16.1. The van der Waals surface area contributed by atoms with Crippen molar-refractivity contribution in [2.45, 2.75) is 18.3 Å². The topological polar surface area (TPSA) is 42.0 Å². The maximum absolute atomic E-state index is 11.1. The number of hydrogen-bond donors (Lipinski definition) is 1. The van der Waals surface area contributed by atoms with Crippen molar-refractivity contribution >= 4 is 5.91 Å². The summed E-state index contributed by atoms with van der Waals surface area (Å²) in [7, 11) is 0. The molecule has 78 valence electrons. The van der Waals surface area contributed by atoms with Crippen molar-refractivity contribution < 1.29 is 4.79 Å². The lowest BCUT2D eigenvalue weighted by Crippen LogP contribution is -2.30. The first-order valence-electron chi connectivity index (χ1n) is 5.08. The zero-order valence-corrected chi connectivity index (χ0v) is 8.57.